The van der Waals surface area contributed by atoms with Crippen LogP contribution in [0.4, 0.5) is 11.4 Å². The van der Waals surface area contributed by atoms with Gasteiger partial charge < -0.3 is 24.4 Å². The van der Waals surface area contributed by atoms with Crippen LogP contribution in [0.5, 0.6) is 11.5 Å². The van der Waals surface area contributed by atoms with Crippen LogP contribution in [0.3, 0.4) is 0 Å². The van der Waals surface area contributed by atoms with E-state index in [1.807, 2.05) is 0 Å². The summed E-state index contributed by atoms with van der Waals surface area (Å²) in [5.41, 5.74) is 0.478. The fourth-order valence-corrected chi connectivity index (χ4v) is 2.93. The number of carbonyl (C=O) groups is 2. The second-order valence-corrected chi connectivity index (χ2v) is 6.38. The van der Waals surface area contributed by atoms with Gasteiger partial charge in [-0.1, -0.05) is 12.1 Å². The van der Waals surface area contributed by atoms with Crippen molar-refractivity contribution in [2.24, 2.45) is 0 Å². The van der Waals surface area contributed by atoms with Gasteiger partial charge in [0.2, 0.25) is 0 Å². The van der Waals surface area contributed by atoms with Crippen LogP contribution < -0.4 is 14.8 Å². The predicted octanol–water partition coefficient (Wildman–Crippen LogP) is 2.09. The number of rotatable bonds is 7. The van der Waals surface area contributed by atoms with Crippen molar-refractivity contribution in [3.63, 3.8) is 0 Å². The maximum atomic E-state index is 12.7. The number of morpholine rings is 1. The van der Waals surface area contributed by atoms with Gasteiger partial charge in [0, 0.05) is 19.2 Å². The Hall–Kier alpha value is -3.66. The van der Waals surface area contributed by atoms with Crippen molar-refractivity contribution < 1.29 is 28.7 Å². The molecule has 2 aromatic carbocycles. The zero-order valence-corrected chi connectivity index (χ0v) is 16.3. The number of nitrogens with zero attached hydrogens (tertiary/aromatic N) is 2. The van der Waals surface area contributed by atoms with Gasteiger partial charge in [-0.15, -0.1) is 0 Å². The Morgan fingerprint density at radius 1 is 1.17 bits per heavy atom. The molecule has 1 aliphatic rings. The topological polar surface area (TPSA) is 120 Å². The summed E-state index contributed by atoms with van der Waals surface area (Å²) in [7, 11) is 1.35. The summed E-state index contributed by atoms with van der Waals surface area (Å²) in [6.45, 7) is 1.59. The Labute approximate surface area is 172 Å². The Morgan fingerprint density at radius 3 is 2.60 bits per heavy atom. The van der Waals surface area contributed by atoms with Crippen LogP contribution in [0.1, 0.15) is 10.4 Å². The van der Waals surface area contributed by atoms with Gasteiger partial charge in [-0.25, -0.2) is 0 Å². The van der Waals surface area contributed by atoms with E-state index >= 15 is 0 Å². The monoisotopic (exact) mass is 415 g/mol. The van der Waals surface area contributed by atoms with E-state index in [0.29, 0.717) is 37.6 Å². The van der Waals surface area contributed by atoms with Crippen LogP contribution >= 0.6 is 0 Å². The zero-order chi connectivity index (χ0) is 21.5. The third kappa shape index (κ3) is 5.03. The number of para-hydroxylation sites is 1. The normalized spacial score (nSPS) is 13.4. The van der Waals surface area contributed by atoms with Gasteiger partial charge in [-0.05, 0) is 18.2 Å². The fourth-order valence-electron chi connectivity index (χ4n) is 2.93. The van der Waals surface area contributed by atoms with Gasteiger partial charge in [-0.2, -0.15) is 0 Å². The summed E-state index contributed by atoms with van der Waals surface area (Å²) in [6, 6.07) is 10.6. The minimum atomic E-state index is -0.556. The zero-order valence-electron chi connectivity index (χ0n) is 16.3. The summed E-state index contributed by atoms with van der Waals surface area (Å²) in [5.74, 6) is -0.248. The van der Waals surface area contributed by atoms with Gasteiger partial charge in [0.1, 0.15) is 11.5 Å². The average molecular weight is 415 g/mol. The third-order valence-electron chi connectivity index (χ3n) is 4.44. The van der Waals surface area contributed by atoms with Gasteiger partial charge in [-0.3, -0.25) is 19.7 Å². The number of anilines is 1. The van der Waals surface area contributed by atoms with Crippen LogP contribution in [0.15, 0.2) is 42.5 Å². The number of nitro groups is 1. The molecule has 0 saturated carbocycles. The molecule has 2 aromatic rings. The molecular weight excluding hydrogens is 394 g/mol. The predicted molar refractivity (Wildman–Crippen MR) is 107 cm³/mol. The first kappa shape index (κ1) is 21.1. The molecule has 1 fully saturated rings. The van der Waals surface area contributed by atoms with Crippen molar-refractivity contribution in [3.05, 3.63) is 58.1 Å². The molecule has 1 saturated heterocycles. The van der Waals surface area contributed by atoms with Gasteiger partial charge in [0.15, 0.2) is 6.61 Å². The van der Waals surface area contributed by atoms with Crippen molar-refractivity contribution in [1.29, 1.82) is 0 Å². The molecule has 0 aliphatic carbocycles. The summed E-state index contributed by atoms with van der Waals surface area (Å²) < 4.78 is 15.9. The van der Waals surface area contributed by atoms with Crippen LogP contribution in [-0.2, 0) is 9.53 Å². The number of amides is 2. The lowest BCUT2D eigenvalue weighted by Gasteiger charge is -2.27. The molecular formula is C20H21N3O7. The summed E-state index contributed by atoms with van der Waals surface area (Å²) in [6.07, 6.45) is 0. The summed E-state index contributed by atoms with van der Waals surface area (Å²) in [5, 5.41) is 13.5. The smallest absolute Gasteiger partial charge is 0.273 e. The maximum Gasteiger partial charge on any atom is 0.273 e. The van der Waals surface area contributed by atoms with Crippen molar-refractivity contribution in [2.75, 3.05) is 45.3 Å². The number of hydrogen-bond donors (Lipinski definition) is 1. The Balaban J connectivity index is 1.65. The lowest BCUT2D eigenvalue weighted by molar-refractivity contribution is -0.384. The molecule has 1 aliphatic heterocycles. The van der Waals surface area contributed by atoms with E-state index in [1.165, 1.54) is 25.3 Å². The van der Waals surface area contributed by atoms with E-state index in [0.717, 1.165) is 0 Å². The Bertz CT molecular complexity index is 942. The standard InChI is InChI=1S/C20H21N3O7/c1-28-18-12-14(23(26)27)6-7-16(18)21-19(24)13-30-17-5-3-2-4-15(17)20(25)22-8-10-29-11-9-22/h2-7,12H,8-11,13H2,1H3,(H,21,24). The average Bonchev–Trinajstić information content (AvgIpc) is 2.78. The first-order valence-corrected chi connectivity index (χ1v) is 9.20. The van der Waals surface area contributed by atoms with E-state index in [-0.39, 0.29) is 29.6 Å². The van der Waals surface area contributed by atoms with E-state index in [2.05, 4.69) is 5.32 Å². The minimum absolute atomic E-state index is 0.153. The van der Waals surface area contributed by atoms with Crippen molar-refractivity contribution >= 4 is 23.2 Å². The minimum Gasteiger partial charge on any atom is -0.494 e. The number of hydrogen-bond acceptors (Lipinski definition) is 7. The van der Waals surface area contributed by atoms with Gasteiger partial charge in [0.05, 0.1) is 42.6 Å². The highest BCUT2D eigenvalue weighted by molar-refractivity contribution is 5.97. The quantitative estimate of drug-likeness (QED) is 0.543. The summed E-state index contributed by atoms with van der Waals surface area (Å²) >= 11 is 0. The first-order valence-electron chi connectivity index (χ1n) is 9.20. The number of benzene rings is 2. The number of ether oxygens (including phenoxy) is 3. The van der Waals surface area contributed by atoms with E-state index in [4.69, 9.17) is 14.2 Å². The highest BCUT2D eigenvalue weighted by Gasteiger charge is 2.22. The lowest BCUT2D eigenvalue weighted by atomic mass is 10.1. The molecule has 2 amide bonds. The van der Waals surface area contributed by atoms with Crippen molar-refractivity contribution in [3.8, 4) is 11.5 Å². The largest absolute Gasteiger partial charge is 0.494 e. The highest BCUT2D eigenvalue weighted by Crippen LogP contribution is 2.29. The molecule has 158 valence electrons. The molecule has 0 atom stereocenters. The molecule has 10 heteroatoms. The maximum absolute atomic E-state index is 12.7. The molecule has 0 spiro atoms. The second kappa shape index (κ2) is 9.70. The Morgan fingerprint density at radius 2 is 1.90 bits per heavy atom. The molecule has 3 rings (SSSR count). The number of methoxy groups -OCH3 is 1. The van der Waals surface area contributed by atoms with Crippen LogP contribution in [0.2, 0.25) is 0 Å². The molecule has 1 N–H and O–H groups in total. The summed E-state index contributed by atoms with van der Waals surface area (Å²) in [4.78, 5) is 37.0. The van der Waals surface area contributed by atoms with E-state index < -0.39 is 10.8 Å². The number of carbonyl (C=O) groups excluding carboxylic acids is 2. The molecule has 10 nitrogen and oxygen atoms in total. The second-order valence-electron chi connectivity index (χ2n) is 6.38. The van der Waals surface area contributed by atoms with Crippen LogP contribution in [0, 0.1) is 10.1 Å². The van der Waals surface area contributed by atoms with Crippen molar-refractivity contribution in [1.82, 2.24) is 4.90 Å². The Kier molecular flexibility index (Phi) is 6.81. The molecule has 0 unspecified atom stereocenters. The highest BCUT2D eigenvalue weighted by atomic mass is 16.6. The van der Waals surface area contributed by atoms with Crippen molar-refractivity contribution in [2.45, 2.75) is 0 Å². The van der Waals surface area contributed by atoms with Gasteiger partial charge >= 0.3 is 0 Å². The fraction of sp³-hybridized carbons (Fsp3) is 0.300. The number of nitro benzene ring substituents is 1. The lowest BCUT2D eigenvalue weighted by Crippen LogP contribution is -2.40. The number of non-ortho nitro benzene ring substituents is 1. The molecule has 0 aromatic heterocycles. The molecule has 30 heavy (non-hydrogen) atoms. The van der Waals surface area contributed by atoms with Crippen LogP contribution in [-0.4, -0.2) is 61.7 Å². The molecule has 1 heterocycles. The van der Waals surface area contributed by atoms with Gasteiger partial charge in [0.25, 0.3) is 17.5 Å². The molecule has 0 bridgehead atoms. The van der Waals surface area contributed by atoms with E-state index in [9.17, 15) is 19.7 Å². The molecule has 0 radical (unpaired) electrons. The SMILES string of the molecule is COc1cc([N+](=O)[O-])ccc1NC(=O)COc1ccccc1C(=O)N1CCOCC1. The first-order chi connectivity index (χ1) is 14.5. The van der Waals surface area contributed by atoms with E-state index in [1.54, 1.807) is 29.2 Å². The number of nitrogens with one attached hydrogen (secondary N) is 1. The van der Waals surface area contributed by atoms with Crippen LogP contribution in [0.25, 0.3) is 0 Å². The third-order valence-corrected chi connectivity index (χ3v) is 4.44.